The highest BCUT2D eigenvalue weighted by atomic mass is 32.1. The molecule has 164 valence electrons. The van der Waals surface area contributed by atoms with Crippen molar-refractivity contribution in [3.05, 3.63) is 47.7 Å². The molecule has 1 aromatic carbocycles. The Hall–Kier alpha value is -3.00. The van der Waals surface area contributed by atoms with Gasteiger partial charge < -0.3 is 14.7 Å². The number of fused-ring (bicyclic) bond motifs is 1. The van der Waals surface area contributed by atoms with Crippen molar-refractivity contribution in [2.75, 3.05) is 13.7 Å². The number of hydrogen-bond donors (Lipinski definition) is 1. The average Bonchev–Trinajstić information content (AvgIpc) is 2.92. The predicted molar refractivity (Wildman–Crippen MR) is 126 cm³/mol. The Labute approximate surface area is 187 Å². The lowest BCUT2D eigenvalue weighted by atomic mass is 10.1. The van der Waals surface area contributed by atoms with Crippen molar-refractivity contribution in [1.29, 1.82) is 0 Å². The first-order valence-corrected chi connectivity index (χ1v) is 10.8. The summed E-state index contributed by atoms with van der Waals surface area (Å²) in [6, 6.07) is 4.96. The van der Waals surface area contributed by atoms with E-state index in [1.165, 1.54) is 4.57 Å². The van der Waals surface area contributed by atoms with Gasteiger partial charge in [-0.3, -0.25) is 4.57 Å². The minimum atomic E-state index is -0.716. The van der Waals surface area contributed by atoms with Crippen molar-refractivity contribution in [2.24, 2.45) is 10.2 Å². The van der Waals surface area contributed by atoms with Crippen LogP contribution in [0.5, 0.6) is 5.88 Å². The molecular formula is C23H28N4O3S. The topological polar surface area (TPSA) is 79.4 Å². The molecule has 0 radical (unpaired) electrons. The fraction of sp³-hybridized carbons (Fsp3) is 0.391. The van der Waals surface area contributed by atoms with E-state index in [4.69, 9.17) is 17.0 Å². The van der Waals surface area contributed by atoms with Crippen LogP contribution in [0.3, 0.4) is 0 Å². The SMILES string of the molecule is CCOC(=O)C(C)n1c(O)c(N=NC(=S)N(C)C2=CC=CCCC2)c2cc(C)ccc21. The number of benzene rings is 1. The molecule has 0 amide bonds. The van der Waals surface area contributed by atoms with Gasteiger partial charge in [-0.05, 0) is 70.5 Å². The van der Waals surface area contributed by atoms with Crippen LogP contribution in [0.15, 0.2) is 52.4 Å². The zero-order valence-electron chi connectivity index (χ0n) is 18.3. The molecule has 1 aliphatic carbocycles. The van der Waals surface area contributed by atoms with E-state index >= 15 is 0 Å². The van der Waals surface area contributed by atoms with Gasteiger partial charge in [-0.1, -0.05) is 23.8 Å². The lowest BCUT2D eigenvalue weighted by molar-refractivity contribution is -0.146. The molecule has 3 rings (SSSR count). The normalized spacial score (nSPS) is 15.0. The molecule has 1 atom stereocenters. The van der Waals surface area contributed by atoms with Crippen molar-refractivity contribution in [3.63, 3.8) is 0 Å². The standard InChI is InChI=1S/C23H28N4O3S/c1-5-30-22(29)16(3)27-19-13-12-15(2)14-18(19)20(21(27)28)24-25-23(31)26(4)17-10-8-6-7-9-11-17/h6,8,10,12-14,16,28H,5,7,9,11H2,1-4H3. The molecule has 8 heteroatoms. The summed E-state index contributed by atoms with van der Waals surface area (Å²) >= 11 is 5.47. The average molecular weight is 441 g/mol. The number of aromatic hydroxyl groups is 1. The zero-order valence-corrected chi connectivity index (χ0v) is 19.1. The second-order valence-corrected chi connectivity index (χ2v) is 7.88. The van der Waals surface area contributed by atoms with E-state index in [2.05, 4.69) is 16.3 Å². The monoisotopic (exact) mass is 440 g/mol. The molecule has 0 saturated carbocycles. The summed E-state index contributed by atoms with van der Waals surface area (Å²) in [5.74, 6) is -0.575. The number of aromatic nitrogens is 1. The molecule has 1 aliphatic rings. The van der Waals surface area contributed by atoms with E-state index in [9.17, 15) is 9.90 Å². The number of hydrogen-bond acceptors (Lipinski definition) is 5. The molecule has 1 heterocycles. The van der Waals surface area contributed by atoms with Crippen molar-refractivity contribution < 1.29 is 14.6 Å². The van der Waals surface area contributed by atoms with Gasteiger partial charge in [0.15, 0.2) is 5.69 Å². The second-order valence-electron chi connectivity index (χ2n) is 7.51. The fourth-order valence-electron chi connectivity index (χ4n) is 3.58. The lowest BCUT2D eigenvalue weighted by Crippen LogP contribution is -2.22. The van der Waals surface area contributed by atoms with E-state index in [1.54, 1.807) is 13.8 Å². The summed E-state index contributed by atoms with van der Waals surface area (Å²) in [7, 11) is 1.86. The number of azo groups is 1. The highest BCUT2D eigenvalue weighted by Crippen LogP contribution is 2.41. The van der Waals surface area contributed by atoms with Gasteiger partial charge in [0.2, 0.25) is 11.0 Å². The number of thiocarbonyl (C=S) groups is 1. The number of carbonyl (C=O) groups excluding carboxylic acids is 1. The van der Waals surface area contributed by atoms with Crippen LogP contribution in [0.1, 0.15) is 44.7 Å². The Bertz CT molecular complexity index is 1080. The Morgan fingerprint density at radius 3 is 2.94 bits per heavy atom. The van der Waals surface area contributed by atoms with Gasteiger partial charge >= 0.3 is 5.97 Å². The molecule has 2 aromatic rings. The lowest BCUT2D eigenvalue weighted by Gasteiger charge is -2.19. The van der Waals surface area contributed by atoms with Crippen LogP contribution < -0.4 is 0 Å². The number of allylic oxidation sites excluding steroid dienone is 4. The summed E-state index contributed by atoms with van der Waals surface area (Å²) in [5, 5.41) is 20.5. The van der Waals surface area contributed by atoms with Crippen molar-refractivity contribution in [2.45, 2.75) is 46.1 Å². The third-order valence-electron chi connectivity index (χ3n) is 5.30. The number of nitrogens with zero attached hydrogens (tertiary/aromatic N) is 4. The van der Waals surface area contributed by atoms with Gasteiger partial charge in [0.05, 0.1) is 12.1 Å². The minimum absolute atomic E-state index is 0.146. The molecule has 0 saturated heterocycles. The van der Waals surface area contributed by atoms with Gasteiger partial charge in [0, 0.05) is 18.1 Å². The van der Waals surface area contributed by atoms with Crippen LogP contribution in [0, 0.1) is 6.92 Å². The maximum absolute atomic E-state index is 12.3. The Kier molecular flexibility index (Phi) is 7.22. The molecule has 0 fully saturated rings. The van der Waals surface area contributed by atoms with E-state index in [0.717, 1.165) is 30.5 Å². The van der Waals surface area contributed by atoms with Crippen LogP contribution in [-0.2, 0) is 9.53 Å². The molecule has 7 nitrogen and oxygen atoms in total. The smallest absolute Gasteiger partial charge is 0.328 e. The van der Waals surface area contributed by atoms with Crippen LogP contribution in [0.2, 0.25) is 0 Å². The fourth-order valence-corrected chi connectivity index (χ4v) is 3.74. The predicted octanol–water partition coefficient (Wildman–Crippen LogP) is 5.70. The maximum Gasteiger partial charge on any atom is 0.328 e. The summed E-state index contributed by atoms with van der Waals surface area (Å²) < 4.78 is 6.66. The molecule has 0 aliphatic heterocycles. The summed E-state index contributed by atoms with van der Waals surface area (Å²) in [5.41, 5.74) is 3.02. The Morgan fingerprint density at radius 2 is 2.19 bits per heavy atom. The van der Waals surface area contributed by atoms with Crippen LogP contribution >= 0.6 is 12.2 Å². The van der Waals surface area contributed by atoms with Crippen LogP contribution in [0.4, 0.5) is 5.69 Å². The van der Waals surface area contributed by atoms with E-state index in [1.807, 2.05) is 49.2 Å². The number of carbonyl (C=O) groups is 1. The number of rotatable bonds is 5. The Morgan fingerprint density at radius 1 is 1.42 bits per heavy atom. The van der Waals surface area contributed by atoms with Crippen LogP contribution in [0.25, 0.3) is 10.9 Å². The first kappa shape index (κ1) is 22.7. The number of aryl methyl sites for hydroxylation is 1. The highest BCUT2D eigenvalue weighted by Gasteiger charge is 2.25. The highest BCUT2D eigenvalue weighted by molar-refractivity contribution is 7.80. The summed E-state index contributed by atoms with van der Waals surface area (Å²) in [6.07, 6.45) is 9.17. The first-order valence-electron chi connectivity index (χ1n) is 10.4. The van der Waals surface area contributed by atoms with Crippen LogP contribution in [-0.4, -0.2) is 39.3 Å². The number of esters is 1. The summed E-state index contributed by atoms with van der Waals surface area (Å²) in [6.45, 7) is 5.65. The molecule has 31 heavy (non-hydrogen) atoms. The molecule has 0 bridgehead atoms. The van der Waals surface area contributed by atoms with E-state index in [-0.39, 0.29) is 18.2 Å². The molecular weight excluding hydrogens is 412 g/mol. The van der Waals surface area contributed by atoms with E-state index in [0.29, 0.717) is 16.0 Å². The van der Waals surface area contributed by atoms with Crippen molar-refractivity contribution in [3.8, 4) is 5.88 Å². The third kappa shape index (κ3) is 4.85. The van der Waals surface area contributed by atoms with E-state index < -0.39 is 12.0 Å². The number of ether oxygens (including phenoxy) is 1. The second kappa shape index (κ2) is 9.87. The molecule has 1 N–H and O–H groups in total. The minimum Gasteiger partial charge on any atom is -0.493 e. The van der Waals surface area contributed by atoms with Crippen molar-refractivity contribution >= 4 is 39.9 Å². The van der Waals surface area contributed by atoms with Gasteiger partial charge in [-0.2, -0.15) is 0 Å². The van der Waals surface area contributed by atoms with Gasteiger partial charge in [-0.25, -0.2) is 4.79 Å². The molecule has 0 spiro atoms. The first-order chi connectivity index (χ1) is 14.8. The van der Waals surface area contributed by atoms with Gasteiger partial charge in [0.25, 0.3) is 0 Å². The zero-order chi connectivity index (χ0) is 22.5. The largest absolute Gasteiger partial charge is 0.493 e. The third-order valence-corrected chi connectivity index (χ3v) is 5.66. The molecule has 1 aromatic heterocycles. The Balaban J connectivity index is 1.98. The van der Waals surface area contributed by atoms with Crippen molar-refractivity contribution in [1.82, 2.24) is 9.47 Å². The quantitative estimate of drug-likeness (QED) is 0.366. The van der Waals surface area contributed by atoms with Gasteiger partial charge in [-0.15, -0.1) is 10.2 Å². The molecule has 1 unspecified atom stereocenters. The summed E-state index contributed by atoms with van der Waals surface area (Å²) in [4.78, 5) is 14.2. The van der Waals surface area contributed by atoms with Gasteiger partial charge in [0.1, 0.15) is 6.04 Å². The maximum atomic E-state index is 12.3.